The van der Waals surface area contributed by atoms with Gasteiger partial charge < -0.3 is 9.88 Å². The number of nitrogens with zero attached hydrogens (tertiary/aromatic N) is 2. The molecule has 1 heterocycles. The van der Waals surface area contributed by atoms with Crippen LogP contribution in [0.2, 0.25) is 0 Å². The zero-order chi connectivity index (χ0) is 14.0. The van der Waals surface area contributed by atoms with Crippen LogP contribution in [-0.2, 0) is 11.3 Å². The summed E-state index contributed by atoms with van der Waals surface area (Å²) < 4.78 is 2.21. The molecule has 1 atom stereocenters. The molecule has 0 fully saturated rings. The van der Waals surface area contributed by atoms with Gasteiger partial charge in [-0.3, -0.25) is 4.79 Å². The highest BCUT2D eigenvalue weighted by Gasteiger charge is 2.17. The first-order valence-electron chi connectivity index (χ1n) is 6.71. The number of benzene rings is 1. The lowest BCUT2D eigenvalue weighted by Gasteiger charge is -2.16. The van der Waals surface area contributed by atoms with E-state index in [2.05, 4.69) is 34.8 Å². The number of imidazole rings is 1. The SMILES string of the molecule is CC(=O)N[C@@H](C)c1nc2ccccc2n1CC(C)C. The number of rotatable bonds is 4. The van der Waals surface area contributed by atoms with Crippen molar-refractivity contribution in [3.8, 4) is 0 Å². The predicted octanol–water partition coefficient (Wildman–Crippen LogP) is 2.89. The van der Waals surface area contributed by atoms with E-state index in [1.54, 1.807) is 0 Å². The smallest absolute Gasteiger partial charge is 0.217 e. The van der Waals surface area contributed by atoms with Gasteiger partial charge >= 0.3 is 0 Å². The van der Waals surface area contributed by atoms with Gasteiger partial charge in [-0.1, -0.05) is 26.0 Å². The van der Waals surface area contributed by atoms with Crippen molar-refractivity contribution in [1.82, 2.24) is 14.9 Å². The van der Waals surface area contributed by atoms with Gasteiger partial charge in [0.05, 0.1) is 17.1 Å². The van der Waals surface area contributed by atoms with E-state index in [4.69, 9.17) is 0 Å². The summed E-state index contributed by atoms with van der Waals surface area (Å²) in [5, 5.41) is 2.91. The van der Waals surface area contributed by atoms with E-state index in [0.29, 0.717) is 5.92 Å². The second-order valence-electron chi connectivity index (χ2n) is 5.39. The molecule has 0 aliphatic heterocycles. The van der Waals surface area contributed by atoms with Crippen LogP contribution in [0, 0.1) is 5.92 Å². The van der Waals surface area contributed by atoms with Gasteiger partial charge in [-0.05, 0) is 25.0 Å². The molecule has 0 aliphatic carbocycles. The Morgan fingerprint density at radius 3 is 2.63 bits per heavy atom. The highest BCUT2D eigenvalue weighted by Crippen LogP contribution is 2.22. The minimum Gasteiger partial charge on any atom is -0.347 e. The summed E-state index contributed by atoms with van der Waals surface area (Å²) in [4.78, 5) is 15.9. The Morgan fingerprint density at radius 1 is 1.32 bits per heavy atom. The number of amides is 1. The van der Waals surface area contributed by atoms with Crippen LogP contribution in [0.15, 0.2) is 24.3 Å². The van der Waals surface area contributed by atoms with Crippen LogP contribution in [0.25, 0.3) is 11.0 Å². The number of carbonyl (C=O) groups excluding carboxylic acids is 1. The van der Waals surface area contributed by atoms with Crippen molar-refractivity contribution < 1.29 is 4.79 Å². The quantitative estimate of drug-likeness (QED) is 0.917. The van der Waals surface area contributed by atoms with Gasteiger partial charge in [0.25, 0.3) is 0 Å². The third-order valence-corrected chi connectivity index (χ3v) is 3.04. The molecule has 0 aliphatic rings. The molecule has 0 spiro atoms. The van der Waals surface area contributed by atoms with E-state index in [9.17, 15) is 4.79 Å². The molecule has 4 nitrogen and oxygen atoms in total. The molecule has 1 aromatic carbocycles. The Balaban J connectivity index is 2.48. The van der Waals surface area contributed by atoms with Crippen molar-refractivity contribution >= 4 is 16.9 Å². The van der Waals surface area contributed by atoms with Crippen LogP contribution in [0.4, 0.5) is 0 Å². The average molecular weight is 259 g/mol. The summed E-state index contributed by atoms with van der Waals surface area (Å²) in [5.74, 6) is 1.42. The molecule has 4 heteroatoms. The van der Waals surface area contributed by atoms with Gasteiger partial charge in [-0.25, -0.2) is 4.98 Å². The summed E-state index contributed by atoms with van der Waals surface area (Å²) in [6, 6.07) is 8.02. The van der Waals surface area contributed by atoms with E-state index in [0.717, 1.165) is 23.4 Å². The minimum atomic E-state index is -0.0800. The molecule has 0 saturated carbocycles. The van der Waals surface area contributed by atoms with Crippen LogP contribution in [0.3, 0.4) is 0 Å². The molecule has 0 unspecified atom stereocenters. The van der Waals surface area contributed by atoms with Crippen LogP contribution in [-0.4, -0.2) is 15.5 Å². The van der Waals surface area contributed by atoms with E-state index >= 15 is 0 Å². The molecule has 1 amide bonds. The maximum atomic E-state index is 11.2. The lowest BCUT2D eigenvalue weighted by Crippen LogP contribution is -2.26. The molecule has 102 valence electrons. The van der Waals surface area contributed by atoms with E-state index in [1.807, 2.05) is 25.1 Å². The fraction of sp³-hybridized carbons (Fsp3) is 0.467. The lowest BCUT2D eigenvalue weighted by atomic mass is 10.2. The fourth-order valence-corrected chi connectivity index (χ4v) is 2.35. The molecule has 2 aromatic rings. The van der Waals surface area contributed by atoms with Crippen molar-refractivity contribution in [1.29, 1.82) is 0 Å². The molecule has 0 radical (unpaired) electrons. The number of hydrogen-bond donors (Lipinski definition) is 1. The minimum absolute atomic E-state index is 0.0318. The van der Waals surface area contributed by atoms with Crippen molar-refractivity contribution in [3.05, 3.63) is 30.1 Å². The summed E-state index contributed by atoms with van der Waals surface area (Å²) in [5.41, 5.74) is 2.11. The van der Waals surface area contributed by atoms with Crippen molar-refractivity contribution in [3.63, 3.8) is 0 Å². The normalized spacial score (nSPS) is 12.9. The Kier molecular flexibility index (Phi) is 3.88. The Hall–Kier alpha value is -1.84. The molecular formula is C15H21N3O. The number of carbonyl (C=O) groups is 1. The van der Waals surface area contributed by atoms with E-state index in [1.165, 1.54) is 6.92 Å². The van der Waals surface area contributed by atoms with Gasteiger partial charge in [0, 0.05) is 13.5 Å². The first kappa shape index (κ1) is 13.6. The van der Waals surface area contributed by atoms with E-state index < -0.39 is 0 Å². The monoisotopic (exact) mass is 259 g/mol. The van der Waals surface area contributed by atoms with Crippen LogP contribution < -0.4 is 5.32 Å². The number of fused-ring (bicyclic) bond motifs is 1. The maximum Gasteiger partial charge on any atom is 0.217 e. The zero-order valence-corrected chi connectivity index (χ0v) is 12.0. The van der Waals surface area contributed by atoms with Gasteiger partial charge in [-0.15, -0.1) is 0 Å². The van der Waals surface area contributed by atoms with Crippen molar-refractivity contribution in [2.24, 2.45) is 5.92 Å². The van der Waals surface area contributed by atoms with Gasteiger partial charge in [0.15, 0.2) is 0 Å². The van der Waals surface area contributed by atoms with Crippen molar-refractivity contribution in [2.45, 2.75) is 40.3 Å². The van der Waals surface area contributed by atoms with Gasteiger partial charge in [0.1, 0.15) is 5.82 Å². The Morgan fingerprint density at radius 2 is 2.00 bits per heavy atom. The average Bonchev–Trinajstić information content (AvgIpc) is 2.67. The summed E-state index contributed by atoms with van der Waals surface area (Å²) in [7, 11) is 0. The zero-order valence-electron chi connectivity index (χ0n) is 12.0. The van der Waals surface area contributed by atoms with Crippen LogP contribution in [0.1, 0.15) is 39.6 Å². The maximum absolute atomic E-state index is 11.2. The topological polar surface area (TPSA) is 46.9 Å². The molecule has 2 rings (SSSR count). The van der Waals surface area contributed by atoms with Crippen molar-refractivity contribution in [2.75, 3.05) is 0 Å². The summed E-state index contributed by atoms with van der Waals surface area (Å²) in [6.45, 7) is 8.77. The second-order valence-corrected chi connectivity index (χ2v) is 5.39. The molecule has 19 heavy (non-hydrogen) atoms. The molecule has 0 bridgehead atoms. The first-order chi connectivity index (χ1) is 8.99. The summed E-state index contributed by atoms with van der Waals surface area (Å²) >= 11 is 0. The molecule has 0 saturated heterocycles. The Labute approximate surface area is 113 Å². The second kappa shape index (κ2) is 5.43. The van der Waals surface area contributed by atoms with Crippen LogP contribution >= 0.6 is 0 Å². The number of para-hydroxylation sites is 2. The number of nitrogens with one attached hydrogen (secondary N) is 1. The standard InChI is InChI=1S/C15H21N3O/c1-10(2)9-18-14-8-6-5-7-13(14)17-15(18)11(3)16-12(4)19/h5-8,10-11H,9H2,1-4H3,(H,16,19)/t11-/m0/s1. The van der Waals surface area contributed by atoms with E-state index in [-0.39, 0.29) is 11.9 Å². The summed E-state index contributed by atoms with van der Waals surface area (Å²) in [6.07, 6.45) is 0. The lowest BCUT2D eigenvalue weighted by molar-refractivity contribution is -0.119. The predicted molar refractivity (Wildman–Crippen MR) is 76.8 cm³/mol. The molecule has 1 aromatic heterocycles. The highest BCUT2D eigenvalue weighted by molar-refractivity contribution is 5.77. The Bertz CT molecular complexity index is 586. The van der Waals surface area contributed by atoms with Crippen LogP contribution in [0.5, 0.6) is 0 Å². The fourth-order valence-electron chi connectivity index (χ4n) is 2.35. The largest absolute Gasteiger partial charge is 0.347 e. The first-order valence-corrected chi connectivity index (χ1v) is 6.71. The van der Waals surface area contributed by atoms with Gasteiger partial charge in [0.2, 0.25) is 5.91 Å². The molecule has 1 N–H and O–H groups in total. The third-order valence-electron chi connectivity index (χ3n) is 3.04. The highest BCUT2D eigenvalue weighted by atomic mass is 16.1. The third kappa shape index (κ3) is 2.95. The molecular weight excluding hydrogens is 238 g/mol. The number of aromatic nitrogens is 2. The van der Waals surface area contributed by atoms with Gasteiger partial charge in [-0.2, -0.15) is 0 Å². The number of hydrogen-bond acceptors (Lipinski definition) is 2.